The van der Waals surface area contributed by atoms with E-state index in [4.69, 9.17) is 0 Å². The molecule has 1 heterocycles. The van der Waals surface area contributed by atoms with Crippen LogP contribution in [0.4, 0.5) is 21.0 Å². The standard InChI is InChI=1S/C36H56N6O3/c1-5-9-17-26-39(27-18-10-6-2)35(44)40-28-29-41(33(30-40)34(43)37-24-19-25-38(7-3)8-4)36(45)42(31-20-13-11-14-21-31)32-22-15-12-16-23-32/h11-16,20-23,33H,5-10,17-19,24-30H2,1-4H3,(H,37,43)/t33-/m0/s1. The fourth-order valence-corrected chi connectivity index (χ4v) is 5.84. The first-order valence-electron chi connectivity index (χ1n) is 17.2. The third kappa shape index (κ3) is 10.8. The van der Waals surface area contributed by atoms with E-state index < -0.39 is 6.04 Å². The summed E-state index contributed by atoms with van der Waals surface area (Å²) in [5, 5.41) is 3.10. The van der Waals surface area contributed by atoms with Crippen LogP contribution < -0.4 is 10.2 Å². The number of hydrogen-bond donors (Lipinski definition) is 1. The number of nitrogens with zero attached hydrogens (tertiary/aromatic N) is 5. The van der Waals surface area contributed by atoms with E-state index in [1.165, 1.54) is 0 Å². The second-order valence-corrected chi connectivity index (χ2v) is 11.8. The summed E-state index contributed by atoms with van der Waals surface area (Å²) in [7, 11) is 0. The Hall–Kier alpha value is -3.59. The Morgan fingerprint density at radius 3 is 1.78 bits per heavy atom. The number of para-hydroxylation sites is 2. The maximum Gasteiger partial charge on any atom is 0.329 e. The van der Waals surface area contributed by atoms with Gasteiger partial charge in [-0.15, -0.1) is 0 Å². The van der Waals surface area contributed by atoms with E-state index >= 15 is 0 Å². The highest BCUT2D eigenvalue weighted by Gasteiger charge is 2.40. The molecule has 1 aliphatic heterocycles. The number of unbranched alkanes of at least 4 members (excludes halogenated alkanes) is 4. The average Bonchev–Trinajstić information content (AvgIpc) is 3.08. The summed E-state index contributed by atoms with van der Waals surface area (Å²) in [5.41, 5.74) is 1.45. The molecule has 0 aliphatic carbocycles. The van der Waals surface area contributed by atoms with Crippen molar-refractivity contribution in [1.82, 2.24) is 24.9 Å². The molecule has 0 unspecified atom stereocenters. The Labute approximate surface area is 271 Å². The van der Waals surface area contributed by atoms with Gasteiger partial charge in [-0.1, -0.05) is 89.8 Å². The third-order valence-corrected chi connectivity index (χ3v) is 8.60. The van der Waals surface area contributed by atoms with Gasteiger partial charge in [-0.25, -0.2) is 9.59 Å². The van der Waals surface area contributed by atoms with Crippen LogP contribution in [0.25, 0.3) is 0 Å². The first-order valence-corrected chi connectivity index (χ1v) is 17.2. The highest BCUT2D eigenvalue weighted by atomic mass is 16.2. The van der Waals surface area contributed by atoms with E-state index in [1.807, 2.05) is 65.6 Å². The van der Waals surface area contributed by atoms with Gasteiger partial charge >= 0.3 is 12.1 Å². The van der Waals surface area contributed by atoms with Crippen molar-refractivity contribution >= 4 is 29.3 Å². The van der Waals surface area contributed by atoms with E-state index in [0.29, 0.717) is 26.2 Å². The predicted molar refractivity (Wildman–Crippen MR) is 184 cm³/mol. The monoisotopic (exact) mass is 620 g/mol. The maximum atomic E-state index is 14.4. The number of piperazine rings is 1. The predicted octanol–water partition coefficient (Wildman–Crippen LogP) is 6.58. The molecule has 3 rings (SSSR count). The van der Waals surface area contributed by atoms with Crippen LogP contribution in [0.2, 0.25) is 0 Å². The fraction of sp³-hybridized carbons (Fsp3) is 0.583. The molecule has 248 valence electrons. The van der Waals surface area contributed by atoms with Gasteiger partial charge in [0.15, 0.2) is 0 Å². The summed E-state index contributed by atoms with van der Waals surface area (Å²) < 4.78 is 0. The largest absolute Gasteiger partial charge is 0.354 e. The lowest BCUT2D eigenvalue weighted by atomic mass is 10.1. The third-order valence-electron chi connectivity index (χ3n) is 8.60. The molecule has 0 saturated carbocycles. The maximum absolute atomic E-state index is 14.4. The zero-order valence-corrected chi connectivity index (χ0v) is 28.1. The van der Waals surface area contributed by atoms with E-state index in [2.05, 4.69) is 37.9 Å². The van der Waals surface area contributed by atoms with Crippen molar-refractivity contribution in [2.24, 2.45) is 0 Å². The Kier molecular flexibility index (Phi) is 15.7. The quantitative estimate of drug-likeness (QED) is 0.203. The van der Waals surface area contributed by atoms with Crippen LogP contribution in [-0.4, -0.2) is 103 Å². The fourth-order valence-electron chi connectivity index (χ4n) is 5.84. The second-order valence-electron chi connectivity index (χ2n) is 11.8. The average molecular weight is 621 g/mol. The molecule has 5 amide bonds. The molecule has 0 spiro atoms. The minimum absolute atomic E-state index is 0.0309. The van der Waals surface area contributed by atoms with E-state index in [9.17, 15) is 14.4 Å². The number of nitrogens with one attached hydrogen (secondary N) is 1. The molecule has 1 atom stereocenters. The summed E-state index contributed by atoms with van der Waals surface area (Å²) in [4.78, 5) is 51.6. The van der Waals surface area contributed by atoms with Crippen LogP contribution in [0.3, 0.4) is 0 Å². The van der Waals surface area contributed by atoms with Crippen molar-refractivity contribution in [2.45, 2.75) is 78.7 Å². The molecule has 1 fully saturated rings. The first kappa shape index (κ1) is 35.9. The smallest absolute Gasteiger partial charge is 0.329 e. The highest BCUT2D eigenvalue weighted by Crippen LogP contribution is 2.28. The number of anilines is 2. The van der Waals surface area contributed by atoms with Crippen LogP contribution in [-0.2, 0) is 4.79 Å². The molecule has 1 saturated heterocycles. The van der Waals surface area contributed by atoms with E-state index in [-0.39, 0.29) is 31.1 Å². The number of hydrogen-bond acceptors (Lipinski definition) is 4. The zero-order valence-electron chi connectivity index (χ0n) is 28.1. The van der Waals surface area contributed by atoms with Crippen LogP contribution >= 0.6 is 0 Å². The highest BCUT2D eigenvalue weighted by molar-refractivity contribution is 6.01. The van der Waals surface area contributed by atoms with Crippen LogP contribution in [0, 0.1) is 0 Å². The van der Waals surface area contributed by atoms with Crippen molar-refractivity contribution in [3.05, 3.63) is 60.7 Å². The zero-order chi connectivity index (χ0) is 32.4. The van der Waals surface area contributed by atoms with Gasteiger partial charge in [-0.3, -0.25) is 9.69 Å². The Morgan fingerprint density at radius 2 is 1.27 bits per heavy atom. The molecular formula is C36H56N6O3. The lowest BCUT2D eigenvalue weighted by Gasteiger charge is -2.43. The Balaban J connectivity index is 1.85. The van der Waals surface area contributed by atoms with Crippen molar-refractivity contribution in [3.8, 4) is 0 Å². The van der Waals surface area contributed by atoms with Gasteiger partial charge in [0.25, 0.3) is 0 Å². The summed E-state index contributed by atoms with van der Waals surface area (Å²) in [6.07, 6.45) is 7.08. The summed E-state index contributed by atoms with van der Waals surface area (Å²) in [5.74, 6) is -0.218. The van der Waals surface area contributed by atoms with Crippen LogP contribution in [0.1, 0.15) is 72.6 Å². The first-order chi connectivity index (χ1) is 21.9. The molecule has 1 N–H and O–H groups in total. The van der Waals surface area contributed by atoms with Crippen molar-refractivity contribution in [2.75, 3.05) is 63.8 Å². The Bertz CT molecular complexity index is 1090. The van der Waals surface area contributed by atoms with Gasteiger partial charge in [0, 0.05) is 32.7 Å². The number of carbonyl (C=O) groups excluding carboxylic acids is 3. The molecule has 9 nitrogen and oxygen atoms in total. The van der Waals surface area contributed by atoms with Crippen LogP contribution in [0.5, 0.6) is 0 Å². The SMILES string of the molecule is CCCCCN(CCCCC)C(=O)N1CCN(C(=O)N(c2ccccc2)c2ccccc2)[C@H](C(=O)NCCCN(CC)CC)C1. The topological polar surface area (TPSA) is 79.4 Å². The van der Waals surface area contributed by atoms with Crippen LogP contribution in [0.15, 0.2) is 60.7 Å². The number of urea groups is 2. The van der Waals surface area contributed by atoms with E-state index in [0.717, 1.165) is 76.0 Å². The van der Waals surface area contributed by atoms with Crippen molar-refractivity contribution in [3.63, 3.8) is 0 Å². The summed E-state index contributed by atoms with van der Waals surface area (Å²) in [6, 6.07) is 18.0. The van der Waals surface area contributed by atoms with E-state index in [1.54, 1.807) is 14.7 Å². The lowest BCUT2D eigenvalue weighted by Crippen LogP contribution is -2.64. The molecule has 2 aromatic carbocycles. The number of benzene rings is 2. The molecule has 1 aliphatic rings. The van der Waals surface area contributed by atoms with Crippen molar-refractivity contribution < 1.29 is 14.4 Å². The van der Waals surface area contributed by atoms with Gasteiger partial charge in [-0.05, 0) is 63.2 Å². The normalized spacial score (nSPS) is 14.8. The summed E-state index contributed by atoms with van der Waals surface area (Å²) >= 11 is 0. The lowest BCUT2D eigenvalue weighted by molar-refractivity contribution is -0.127. The molecule has 0 aromatic heterocycles. The molecule has 0 bridgehead atoms. The second kappa shape index (κ2) is 19.7. The minimum Gasteiger partial charge on any atom is -0.354 e. The molecule has 2 aromatic rings. The van der Waals surface area contributed by atoms with Gasteiger partial charge in [0.05, 0.1) is 17.9 Å². The molecule has 0 radical (unpaired) electrons. The number of carbonyl (C=O) groups is 3. The minimum atomic E-state index is -0.799. The molecule has 45 heavy (non-hydrogen) atoms. The van der Waals surface area contributed by atoms with Gasteiger partial charge < -0.3 is 24.9 Å². The van der Waals surface area contributed by atoms with Gasteiger partial charge in [0.2, 0.25) is 5.91 Å². The molecular weight excluding hydrogens is 564 g/mol. The van der Waals surface area contributed by atoms with Crippen molar-refractivity contribution in [1.29, 1.82) is 0 Å². The number of amides is 5. The molecule has 9 heteroatoms. The number of rotatable bonds is 17. The van der Waals surface area contributed by atoms with Gasteiger partial charge in [0.1, 0.15) is 6.04 Å². The summed E-state index contributed by atoms with van der Waals surface area (Å²) in [6.45, 7) is 14.2. The van der Waals surface area contributed by atoms with Gasteiger partial charge in [-0.2, -0.15) is 0 Å². The Morgan fingerprint density at radius 1 is 0.711 bits per heavy atom.